The quantitative estimate of drug-likeness (QED) is 0.812. The van der Waals surface area contributed by atoms with Crippen LogP contribution in [-0.2, 0) is 22.4 Å². The van der Waals surface area contributed by atoms with E-state index in [2.05, 4.69) is 10.6 Å². The van der Waals surface area contributed by atoms with E-state index in [0.717, 1.165) is 6.42 Å². The van der Waals surface area contributed by atoms with E-state index in [0.29, 0.717) is 24.3 Å². The maximum Gasteiger partial charge on any atom is 0.243 e. The van der Waals surface area contributed by atoms with Crippen molar-refractivity contribution >= 4 is 34.9 Å². The molecule has 1 aromatic heterocycles. The molecule has 0 saturated carbocycles. The van der Waals surface area contributed by atoms with Crippen molar-refractivity contribution < 1.29 is 14.0 Å². The summed E-state index contributed by atoms with van der Waals surface area (Å²) in [5.74, 6) is -0.181. The summed E-state index contributed by atoms with van der Waals surface area (Å²) in [4.78, 5) is 25.7. The van der Waals surface area contributed by atoms with E-state index < -0.39 is 6.04 Å². The zero-order chi connectivity index (χ0) is 17.6. The molecule has 0 aliphatic carbocycles. The van der Waals surface area contributed by atoms with Gasteiger partial charge in [0.1, 0.15) is 11.9 Å². The number of rotatable bonds is 6. The molecule has 1 aromatic carbocycles. The number of thiophene rings is 1. The fourth-order valence-electron chi connectivity index (χ4n) is 2.64. The number of halogens is 1. The maximum absolute atomic E-state index is 13.7. The summed E-state index contributed by atoms with van der Waals surface area (Å²) >= 11 is 3.06. The average Bonchev–Trinajstić information content (AvgIpc) is 3.12. The molecule has 1 aliphatic rings. The van der Waals surface area contributed by atoms with Crippen LogP contribution in [0.4, 0.5) is 4.39 Å². The normalized spacial score (nSPS) is 20.1. The van der Waals surface area contributed by atoms with E-state index in [1.165, 1.54) is 22.7 Å². The Bertz CT molecular complexity index is 736. The molecule has 4 nitrogen and oxygen atoms in total. The number of amides is 2. The van der Waals surface area contributed by atoms with Crippen LogP contribution in [0.1, 0.15) is 10.4 Å². The van der Waals surface area contributed by atoms with Crippen LogP contribution in [0.2, 0.25) is 0 Å². The van der Waals surface area contributed by atoms with Crippen LogP contribution in [0.3, 0.4) is 0 Å². The van der Waals surface area contributed by atoms with Crippen LogP contribution in [0.15, 0.2) is 41.8 Å². The van der Waals surface area contributed by atoms with Crippen LogP contribution in [0, 0.1) is 5.82 Å². The Morgan fingerprint density at radius 3 is 2.84 bits per heavy atom. The summed E-state index contributed by atoms with van der Waals surface area (Å²) in [6.07, 6.45) is 1.11. The molecule has 2 atom stereocenters. The first-order chi connectivity index (χ1) is 12.1. The third-order valence-corrected chi connectivity index (χ3v) is 6.25. The van der Waals surface area contributed by atoms with Crippen molar-refractivity contribution in [1.82, 2.24) is 10.6 Å². The lowest BCUT2D eigenvalue weighted by atomic mass is 10.1. The van der Waals surface area contributed by atoms with Crippen LogP contribution in [0.25, 0.3) is 0 Å². The first-order valence-electron chi connectivity index (χ1n) is 8.09. The zero-order valence-electron chi connectivity index (χ0n) is 13.5. The molecular weight excluding hydrogens is 359 g/mol. The minimum atomic E-state index is -0.530. The van der Waals surface area contributed by atoms with Gasteiger partial charge < -0.3 is 10.6 Å². The molecule has 1 saturated heterocycles. The number of hydrogen-bond acceptors (Lipinski definition) is 4. The second-order valence-corrected chi connectivity index (χ2v) is 8.07. The van der Waals surface area contributed by atoms with Gasteiger partial charge in [-0.05, 0) is 35.9 Å². The van der Waals surface area contributed by atoms with Crippen LogP contribution in [0.5, 0.6) is 0 Å². The number of nitrogens with one attached hydrogen (secondary N) is 2. The van der Waals surface area contributed by atoms with Gasteiger partial charge >= 0.3 is 0 Å². The molecule has 0 bridgehead atoms. The Morgan fingerprint density at radius 1 is 1.28 bits per heavy atom. The van der Waals surface area contributed by atoms with Crippen LogP contribution >= 0.6 is 23.1 Å². The van der Waals surface area contributed by atoms with Gasteiger partial charge in [0.2, 0.25) is 11.8 Å². The molecule has 0 spiro atoms. The van der Waals surface area contributed by atoms with E-state index in [4.69, 9.17) is 0 Å². The van der Waals surface area contributed by atoms with Crippen molar-refractivity contribution in [3.05, 3.63) is 58.0 Å². The number of benzene rings is 1. The van der Waals surface area contributed by atoms with E-state index >= 15 is 0 Å². The van der Waals surface area contributed by atoms with Crippen molar-refractivity contribution in [3.63, 3.8) is 0 Å². The van der Waals surface area contributed by atoms with Crippen molar-refractivity contribution in [2.45, 2.75) is 24.1 Å². The fourth-order valence-corrected chi connectivity index (χ4v) is 4.52. The smallest absolute Gasteiger partial charge is 0.243 e. The van der Waals surface area contributed by atoms with Gasteiger partial charge in [-0.3, -0.25) is 9.59 Å². The highest BCUT2D eigenvalue weighted by Gasteiger charge is 2.32. The summed E-state index contributed by atoms with van der Waals surface area (Å²) in [6.45, 7) is 0.551. The Morgan fingerprint density at radius 2 is 2.12 bits per heavy atom. The fraction of sp³-hybridized carbons (Fsp3) is 0.333. The zero-order valence-corrected chi connectivity index (χ0v) is 15.2. The highest BCUT2D eigenvalue weighted by Crippen LogP contribution is 2.23. The number of thioether (sulfide) groups is 1. The molecule has 2 N–H and O–H groups in total. The largest absolute Gasteiger partial charge is 0.354 e. The molecule has 25 heavy (non-hydrogen) atoms. The molecule has 132 valence electrons. The summed E-state index contributed by atoms with van der Waals surface area (Å²) in [5, 5.41) is 7.26. The predicted molar refractivity (Wildman–Crippen MR) is 99.3 cm³/mol. The van der Waals surface area contributed by atoms with Gasteiger partial charge in [-0.15, -0.1) is 23.1 Å². The molecule has 3 rings (SSSR count). The third-order valence-electron chi connectivity index (χ3n) is 4.00. The lowest BCUT2D eigenvalue weighted by molar-refractivity contribution is -0.128. The lowest BCUT2D eigenvalue weighted by Crippen LogP contribution is -2.54. The van der Waals surface area contributed by atoms with E-state index in [-0.39, 0.29) is 22.9 Å². The first-order valence-corrected chi connectivity index (χ1v) is 10.0. The number of carbonyl (C=O) groups excluding carboxylic acids is 2. The standard InChI is InChI=1S/C18H19FN2O2S2/c19-14-6-2-1-4-12(14)10-16-18(23)21-15(11-25-16)17(22)20-8-7-13-5-3-9-24-13/h1-6,9,15-16H,7-8,10-11H2,(H,20,22)(H,21,23)/t15-,16-/m1/s1. The van der Waals surface area contributed by atoms with Gasteiger partial charge in [0.25, 0.3) is 0 Å². The summed E-state index contributed by atoms with van der Waals surface area (Å²) in [6, 6.07) is 9.95. The van der Waals surface area contributed by atoms with Gasteiger partial charge in [-0.25, -0.2) is 4.39 Å². The van der Waals surface area contributed by atoms with Gasteiger partial charge in [-0.2, -0.15) is 0 Å². The highest BCUT2D eigenvalue weighted by molar-refractivity contribution is 8.00. The molecule has 0 radical (unpaired) electrons. The second-order valence-electron chi connectivity index (χ2n) is 5.80. The average molecular weight is 378 g/mol. The van der Waals surface area contributed by atoms with Gasteiger partial charge in [0.15, 0.2) is 0 Å². The topological polar surface area (TPSA) is 58.2 Å². The Balaban J connectivity index is 1.47. The Kier molecular flexibility index (Phi) is 6.09. The van der Waals surface area contributed by atoms with Crippen molar-refractivity contribution in [2.75, 3.05) is 12.3 Å². The van der Waals surface area contributed by atoms with E-state index in [1.807, 2.05) is 17.5 Å². The molecule has 2 amide bonds. The summed E-state index contributed by atoms with van der Waals surface area (Å²) in [7, 11) is 0. The number of carbonyl (C=O) groups is 2. The monoisotopic (exact) mass is 378 g/mol. The SMILES string of the molecule is O=C(NCCc1cccs1)[C@H]1CS[C@H](Cc2ccccc2F)C(=O)N1. The Labute approximate surface area is 154 Å². The molecule has 2 heterocycles. The Hall–Kier alpha value is -1.86. The minimum absolute atomic E-state index is 0.165. The van der Waals surface area contributed by atoms with Gasteiger partial charge in [-0.1, -0.05) is 24.3 Å². The second kappa shape index (κ2) is 8.49. The predicted octanol–water partition coefficient (Wildman–Crippen LogP) is 2.39. The lowest BCUT2D eigenvalue weighted by Gasteiger charge is -2.28. The molecular formula is C18H19FN2O2S2. The molecule has 1 aliphatic heterocycles. The molecule has 1 fully saturated rings. The first kappa shape index (κ1) is 17.9. The van der Waals surface area contributed by atoms with E-state index in [9.17, 15) is 14.0 Å². The molecule has 7 heteroatoms. The minimum Gasteiger partial charge on any atom is -0.354 e. The van der Waals surface area contributed by atoms with Gasteiger partial charge in [0.05, 0.1) is 5.25 Å². The van der Waals surface area contributed by atoms with Gasteiger partial charge in [0, 0.05) is 17.2 Å². The summed E-state index contributed by atoms with van der Waals surface area (Å²) < 4.78 is 13.7. The van der Waals surface area contributed by atoms with Crippen LogP contribution in [-0.4, -0.2) is 35.4 Å². The third kappa shape index (κ3) is 4.83. The molecule has 2 aromatic rings. The van der Waals surface area contributed by atoms with Crippen LogP contribution < -0.4 is 10.6 Å². The molecule has 0 unspecified atom stereocenters. The highest BCUT2D eigenvalue weighted by atomic mass is 32.2. The maximum atomic E-state index is 13.7. The van der Waals surface area contributed by atoms with Crippen molar-refractivity contribution in [3.8, 4) is 0 Å². The summed E-state index contributed by atoms with van der Waals surface area (Å²) in [5.41, 5.74) is 0.522. The van der Waals surface area contributed by atoms with Crippen molar-refractivity contribution in [2.24, 2.45) is 0 Å². The van der Waals surface area contributed by atoms with E-state index in [1.54, 1.807) is 29.5 Å². The van der Waals surface area contributed by atoms with Crippen molar-refractivity contribution in [1.29, 1.82) is 0 Å². The number of hydrogen-bond donors (Lipinski definition) is 2.